The molecular formula is C16H22ClF3N2O2. The van der Waals surface area contributed by atoms with Gasteiger partial charge in [0, 0.05) is 5.92 Å². The number of carbonyl (C=O) groups is 1. The number of alkyl halides is 3. The molecule has 1 aliphatic rings. The van der Waals surface area contributed by atoms with E-state index in [4.69, 9.17) is 5.73 Å². The monoisotopic (exact) mass is 366 g/mol. The molecule has 3 atom stereocenters. The molecule has 0 saturated heterocycles. The van der Waals surface area contributed by atoms with Crippen LogP contribution in [0.15, 0.2) is 24.3 Å². The van der Waals surface area contributed by atoms with Gasteiger partial charge in [-0.05, 0) is 49.9 Å². The first-order valence-corrected chi connectivity index (χ1v) is 7.66. The number of hydrogen-bond acceptors (Lipinski definition) is 3. The van der Waals surface area contributed by atoms with Gasteiger partial charge in [0.05, 0.1) is 6.04 Å². The fourth-order valence-electron chi connectivity index (χ4n) is 3.03. The van der Waals surface area contributed by atoms with Gasteiger partial charge >= 0.3 is 6.36 Å². The SMILES string of the molecule is CC(NC(=O)[C@@H]1CCC[C@@H]1CN)c1ccc(OC(F)(F)F)cc1.Cl. The van der Waals surface area contributed by atoms with E-state index in [0.717, 1.165) is 24.8 Å². The van der Waals surface area contributed by atoms with E-state index in [2.05, 4.69) is 10.1 Å². The quantitative estimate of drug-likeness (QED) is 0.837. The number of carbonyl (C=O) groups excluding carboxylic acids is 1. The first kappa shape index (κ1) is 20.6. The molecule has 0 heterocycles. The third-order valence-corrected chi connectivity index (χ3v) is 4.27. The summed E-state index contributed by atoms with van der Waals surface area (Å²) >= 11 is 0. The van der Waals surface area contributed by atoms with E-state index in [-0.39, 0.29) is 41.9 Å². The zero-order valence-electron chi connectivity index (χ0n) is 13.3. The van der Waals surface area contributed by atoms with E-state index in [1.54, 1.807) is 6.92 Å². The molecule has 0 radical (unpaired) electrons. The molecule has 0 bridgehead atoms. The van der Waals surface area contributed by atoms with Crippen LogP contribution in [0.5, 0.6) is 5.75 Å². The Kier molecular flexibility index (Phi) is 7.35. The molecular weight excluding hydrogens is 345 g/mol. The van der Waals surface area contributed by atoms with Crippen LogP contribution in [-0.4, -0.2) is 18.8 Å². The molecule has 4 nitrogen and oxygen atoms in total. The van der Waals surface area contributed by atoms with E-state index >= 15 is 0 Å². The minimum Gasteiger partial charge on any atom is -0.406 e. The molecule has 1 unspecified atom stereocenters. The number of rotatable bonds is 5. The predicted molar refractivity (Wildman–Crippen MR) is 86.8 cm³/mol. The summed E-state index contributed by atoms with van der Waals surface area (Å²) in [5, 5.41) is 2.91. The molecule has 2 rings (SSSR count). The van der Waals surface area contributed by atoms with Crippen molar-refractivity contribution in [1.29, 1.82) is 0 Å². The van der Waals surface area contributed by atoms with Crippen LogP contribution in [-0.2, 0) is 4.79 Å². The van der Waals surface area contributed by atoms with Gasteiger partial charge in [-0.15, -0.1) is 25.6 Å². The number of nitrogens with two attached hydrogens (primary N) is 1. The highest BCUT2D eigenvalue weighted by Gasteiger charge is 2.33. The van der Waals surface area contributed by atoms with Crippen molar-refractivity contribution in [2.75, 3.05) is 6.54 Å². The summed E-state index contributed by atoms with van der Waals surface area (Å²) in [5.41, 5.74) is 6.40. The largest absolute Gasteiger partial charge is 0.573 e. The first-order valence-electron chi connectivity index (χ1n) is 7.66. The number of amides is 1. The minimum atomic E-state index is -4.71. The van der Waals surface area contributed by atoms with Crippen molar-refractivity contribution in [2.45, 2.75) is 38.6 Å². The van der Waals surface area contributed by atoms with Gasteiger partial charge in [-0.3, -0.25) is 4.79 Å². The van der Waals surface area contributed by atoms with Gasteiger partial charge in [0.2, 0.25) is 5.91 Å². The molecule has 1 aliphatic carbocycles. The van der Waals surface area contributed by atoms with Gasteiger partial charge < -0.3 is 15.8 Å². The van der Waals surface area contributed by atoms with Gasteiger partial charge in [-0.1, -0.05) is 18.6 Å². The zero-order valence-corrected chi connectivity index (χ0v) is 14.1. The lowest BCUT2D eigenvalue weighted by atomic mass is 9.94. The summed E-state index contributed by atoms with van der Waals surface area (Å²) in [7, 11) is 0. The molecule has 24 heavy (non-hydrogen) atoms. The Labute approximate surface area is 145 Å². The normalized spacial score (nSPS) is 21.7. The molecule has 1 aromatic carbocycles. The van der Waals surface area contributed by atoms with Crippen LogP contribution in [0.25, 0.3) is 0 Å². The fourth-order valence-corrected chi connectivity index (χ4v) is 3.03. The molecule has 1 aromatic rings. The summed E-state index contributed by atoms with van der Waals surface area (Å²) in [5.74, 6) is -0.181. The predicted octanol–water partition coefficient (Wildman–Crippen LogP) is 3.56. The molecule has 1 saturated carbocycles. The van der Waals surface area contributed by atoms with Crippen LogP contribution in [0.3, 0.4) is 0 Å². The molecule has 8 heteroatoms. The van der Waals surface area contributed by atoms with Crippen LogP contribution in [0.1, 0.15) is 37.8 Å². The highest BCUT2D eigenvalue weighted by molar-refractivity contribution is 5.85. The number of hydrogen-bond donors (Lipinski definition) is 2. The summed E-state index contributed by atoms with van der Waals surface area (Å²) in [6, 6.07) is 5.22. The molecule has 0 spiro atoms. The lowest BCUT2D eigenvalue weighted by molar-refractivity contribution is -0.274. The lowest BCUT2D eigenvalue weighted by Crippen LogP contribution is -2.36. The fraction of sp³-hybridized carbons (Fsp3) is 0.562. The summed E-state index contributed by atoms with van der Waals surface area (Å²) in [4.78, 5) is 12.3. The molecule has 1 fully saturated rings. The van der Waals surface area contributed by atoms with E-state index in [1.807, 2.05) is 0 Å². The van der Waals surface area contributed by atoms with E-state index in [0.29, 0.717) is 6.54 Å². The van der Waals surface area contributed by atoms with Crippen molar-refractivity contribution in [3.8, 4) is 5.75 Å². The number of benzene rings is 1. The average Bonchev–Trinajstić information content (AvgIpc) is 2.94. The molecule has 3 N–H and O–H groups in total. The standard InChI is InChI=1S/C16H21F3N2O2.ClH/c1-10(21-15(22)14-4-2-3-12(14)9-20)11-5-7-13(8-6-11)23-16(17,18)19;/h5-8,10,12,14H,2-4,9,20H2,1H3,(H,21,22);1H/t10?,12-,14-;/m1./s1. The van der Waals surface area contributed by atoms with Gasteiger partial charge in [-0.2, -0.15) is 0 Å². The Hall–Kier alpha value is -1.47. The Morgan fingerprint density at radius 3 is 2.50 bits per heavy atom. The van der Waals surface area contributed by atoms with Gasteiger partial charge in [0.15, 0.2) is 0 Å². The summed E-state index contributed by atoms with van der Waals surface area (Å²) in [6.45, 7) is 2.29. The zero-order chi connectivity index (χ0) is 17.0. The van der Waals surface area contributed by atoms with Crippen LogP contribution >= 0.6 is 12.4 Å². The van der Waals surface area contributed by atoms with Crippen LogP contribution < -0.4 is 15.8 Å². The highest BCUT2D eigenvalue weighted by atomic mass is 35.5. The maximum absolute atomic E-state index is 12.3. The minimum absolute atomic E-state index is 0. The smallest absolute Gasteiger partial charge is 0.406 e. The first-order chi connectivity index (χ1) is 10.8. The molecule has 1 amide bonds. The van der Waals surface area contributed by atoms with Crippen molar-refractivity contribution in [1.82, 2.24) is 5.32 Å². The number of nitrogens with one attached hydrogen (secondary N) is 1. The second-order valence-electron chi connectivity index (χ2n) is 5.88. The summed E-state index contributed by atoms with van der Waals surface area (Å²) in [6.07, 6.45) is -1.91. The van der Waals surface area contributed by atoms with Crippen molar-refractivity contribution >= 4 is 18.3 Å². The topological polar surface area (TPSA) is 64.4 Å². The van der Waals surface area contributed by atoms with Crippen molar-refractivity contribution < 1.29 is 22.7 Å². The van der Waals surface area contributed by atoms with Crippen molar-refractivity contribution in [2.24, 2.45) is 17.6 Å². The number of halogens is 4. The van der Waals surface area contributed by atoms with Crippen LogP contribution in [0.2, 0.25) is 0 Å². The maximum Gasteiger partial charge on any atom is 0.573 e. The van der Waals surface area contributed by atoms with Gasteiger partial charge in [-0.25, -0.2) is 0 Å². The Morgan fingerprint density at radius 2 is 1.96 bits per heavy atom. The Bertz CT molecular complexity index is 537. The lowest BCUT2D eigenvalue weighted by Gasteiger charge is -2.21. The highest BCUT2D eigenvalue weighted by Crippen LogP contribution is 2.31. The molecule has 0 aliphatic heterocycles. The van der Waals surface area contributed by atoms with Gasteiger partial charge in [0.25, 0.3) is 0 Å². The summed E-state index contributed by atoms with van der Waals surface area (Å²) < 4.78 is 40.2. The molecule has 0 aromatic heterocycles. The maximum atomic E-state index is 12.3. The Morgan fingerprint density at radius 1 is 1.33 bits per heavy atom. The van der Waals surface area contributed by atoms with Crippen LogP contribution in [0.4, 0.5) is 13.2 Å². The second-order valence-corrected chi connectivity index (χ2v) is 5.88. The third kappa shape index (κ3) is 5.56. The Balaban J connectivity index is 0.00000288. The van der Waals surface area contributed by atoms with E-state index in [1.165, 1.54) is 24.3 Å². The van der Waals surface area contributed by atoms with Crippen LogP contribution in [0, 0.1) is 11.8 Å². The van der Waals surface area contributed by atoms with E-state index < -0.39 is 6.36 Å². The third-order valence-electron chi connectivity index (χ3n) is 4.27. The molecule has 136 valence electrons. The van der Waals surface area contributed by atoms with Crippen molar-refractivity contribution in [3.63, 3.8) is 0 Å². The number of ether oxygens (including phenoxy) is 1. The van der Waals surface area contributed by atoms with Gasteiger partial charge in [0.1, 0.15) is 5.75 Å². The average molecular weight is 367 g/mol. The second kappa shape index (κ2) is 8.58. The van der Waals surface area contributed by atoms with E-state index in [9.17, 15) is 18.0 Å². The van der Waals surface area contributed by atoms with Crippen molar-refractivity contribution in [3.05, 3.63) is 29.8 Å².